The highest BCUT2D eigenvalue weighted by Crippen LogP contribution is 2.23. The van der Waals surface area contributed by atoms with Gasteiger partial charge in [0.1, 0.15) is 6.04 Å². The van der Waals surface area contributed by atoms with Gasteiger partial charge in [0.2, 0.25) is 11.8 Å². The third kappa shape index (κ3) is 6.16. The zero-order valence-corrected chi connectivity index (χ0v) is 18.3. The van der Waals surface area contributed by atoms with E-state index in [0.29, 0.717) is 22.2 Å². The van der Waals surface area contributed by atoms with Crippen molar-refractivity contribution in [1.29, 1.82) is 0 Å². The summed E-state index contributed by atoms with van der Waals surface area (Å²) >= 11 is 13.9. The Labute approximate surface area is 180 Å². The van der Waals surface area contributed by atoms with Crippen LogP contribution in [-0.2, 0) is 21.9 Å². The molecule has 0 aliphatic rings. The van der Waals surface area contributed by atoms with Crippen LogP contribution in [0.4, 0.5) is 0 Å². The molecule has 2 aromatic rings. The van der Waals surface area contributed by atoms with E-state index in [1.165, 1.54) is 11.8 Å². The number of thioether (sulfide) groups is 1. The Kier molecular flexibility index (Phi) is 9.16. The number of rotatable bonds is 9. The van der Waals surface area contributed by atoms with Crippen LogP contribution in [0.25, 0.3) is 0 Å². The predicted molar refractivity (Wildman–Crippen MR) is 118 cm³/mol. The van der Waals surface area contributed by atoms with Crippen molar-refractivity contribution in [3.05, 3.63) is 69.7 Å². The minimum absolute atomic E-state index is 0.104. The van der Waals surface area contributed by atoms with Crippen LogP contribution in [0.3, 0.4) is 0 Å². The molecule has 0 aliphatic carbocycles. The number of halogens is 2. The molecule has 0 saturated heterocycles. The zero-order chi connectivity index (χ0) is 20.5. The second-order valence-corrected chi connectivity index (χ2v) is 8.04. The molecule has 0 saturated carbocycles. The molecule has 1 N–H and O–H groups in total. The number of nitrogens with zero attached hydrogens (tertiary/aromatic N) is 1. The molecule has 2 amide bonds. The van der Waals surface area contributed by atoms with Crippen LogP contribution in [0.1, 0.15) is 24.5 Å². The minimum Gasteiger partial charge on any atom is -0.357 e. The molecule has 1 unspecified atom stereocenters. The number of carbonyl (C=O) groups excluding carboxylic acids is 2. The van der Waals surface area contributed by atoms with Crippen molar-refractivity contribution in [2.24, 2.45) is 0 Å². The highest BCUT2D eigenvalue weighted by Gasteiger charge is 2.28. The Morgan fingerprint density at radius 1 is 1.04 bits per heavy atom. The van der Waals surface area contributed by atoms with E-state index >= 15 is 0 Å². The molecular weight excluding hydrogens is 415 g/mol. The molecule has 2 aromatic carbocycles. The summed E-state index contributed by atoms with van der Waals surface area (Å²) in [5.74, 6) is 0.595. The molecule has 0 radical (unpaired) electrons. The van der Waals surface area contributed by atoms with Gasteiger partial charge in [0.15, 0.2) is 0 Å². The molecule has 0 spiro atoms. The number of hydrogen-bond donors (Lipinski definition) is 1. The van der Waals surface area contributed by atoms with Crippen LogP contribution in [0.2, 0.25) is 10.0 Å². The number of carbonyl (C=O) groups is 2. The van der Waals surface area contributed by atoms with Crippen molar-refractivity contribution in [3.63, 3.8) is 0 Å². The van der Waals surface area contributed by atoms with Crippen molar-refractivity contribution in [3.8, 4) is 0 Å². The van der Waals surface area contributed by atoms with Crippen molar-refractivity contribution < 1.29 is 9.59 Å². The number of benzene rings is 2. The maximum Gasteiger partial charge on any atom is 0.242 e. The van der Waals surface area contributed by atoms with Crippen LogP contribution < -0.4 is 5.32 Å². The standard InChI is InChI=1S/C21H24Cl2N2O2S/c1-3-19(21(27)24-2)25(12-15-8-4-6-10-17(15)22)20(26)14-28-13-16-9-5-7-11-18(16)23/h4-11,19H,3,12-14H2,1-2H3,(H,24,27). The molecule has 4 nitrogen and oxygen atoms in total. The summed E-state index contributed by atoms with van der Waals surface area (Å²) in [5.41, 5.74) is 1.80. The highest BCUT2D eigenvalue weighted by molar-refractivity contribution is 7.99. The lowest BCUT2D eigenvalue weighted by Crippen LogP contribution is -2.48. The van der Waals surface area contributed by atoms with Crippen LogP contribution >= 0.6 is 35.0 Å². The Morgan fingerprint density at radius 2 is 1.61 bits per heavy atom. The first kappa shape index (κ1) is 22.6. The smallest absolute Gasteiger partial charge is 0.242 e. The van der Waals surface area contributed by atoms with E-state index in [1.807, 2.05) is 49.4 Å². The Bertz CT molecular complexity index is 816. The molecule has 0 bridgehead atoms. The summed E-state index contributed by atoms with van der Waals surface area (Å²) in [6, 6.07) is 14.4. The summed E-state index contributed by atoms with van der Waals surface area (Å²) < 4.78 is 0. The molecule has 0 aliphatic heterocycles. The second-order valence-electron chi connectivity index (χ2n) is 6.24. The van der Waals surface area contributed by atoms with Gasteiger partial charge in [-0.3, -0.25) is 9.59 Å². The molecule has 0 heterocycles. The molecule has 150 valence electrons. The van der Waals surface area contributed by atoms with E-state index in [9.17, 15) is 9.59 Å². The lowest BCUT2D eigenvalue weighted by molar-refractivity contribution is -0.139. The monoisotopic (exact) mass is 438 g/mol. The fourth-order valence-corrected chi connectivity index (χ4v) is 4.23. The first-order valence-electron chi connectivity index (χ1n) is 9.03. The quantitative estimate of drug-likeness (QED) is 0.612. The number of amides is 2. The van der Waals surface area contributed by atoms with Gasteiger partial charge < -0.3 is 10.2 Å². The van der Waals surface area contributed by atoms with Gasteiger partial charge in [-0.1, -0.05) is 66.5 Å². The van der Waals surface area contributed by atoms with Gasteiger partial charge in [-0.2, -0.15) is 0 Å². The average Bonchev–Trinajstić information content (AvgIpc) is 2.70. The summed E-state index contributed by atoms with van der Waals surface area (Å²) in [5, 5.41) is 3.92. The maximum atomic E-state index is 13.0. The molecule has 7 heteroatoms. The maximum absolute atomic E-state index is 13.0. The molecule has 0 aromatic heterocycles. The van der Waals surface area contributed by atoms with Crippen molar-refractivity contribution in [2.45, 2.75) is 31.7 Å². The Balaban J connectivity index is 2.12. The van der Waals surface area contributed by atoms with Crippen molar-refractivity contribution in [2.75, 3.05) is 12.8 Å². The zero-order valence-electron chi connectivity index (χ0n) is 16.0. The summed E-state index contributed by atoms with van der Waals surface area (Å²) in [4.78, 5) is 27.0. The summed E-state index contributed by atoms with van der Waals surface area (Å²) in [7, 11) is 1.58. The van der Waals surface area contributed by atoms with E-state index in [4.69, 9.17) is 23.2 Å². The second kappa shape index (κ2) is 11.3. The molecule has 28 heavy (non-hydrogen) atoms. The van der Waals surface area contributed by atoms with Gasteiger partial charge in [-0.05, 0) is 29.7 Å². The van der Waals surface area contributed by atoms with Crippen LogP contribution in [0.5, 0.6) is 0 Å². The van der Waals surface area contributed by atoms with Crippen LogP contribution in [-0.4, -0.2) is 35.6 Å². The predicted octanol–water partition coefficient (Wildman–Crippen LogP) is 4.78. The van der Waals surface area contributed by atoms with Gasteiger partial charge in [0, 0.05) is 29.4 Å². The van der Waals surface area contributed by atoms with Gasteiger partial charge in [0.05, 0.1) is 5.75 Å². The molecule has 1 atom stereocenters. The van der Waals surface area contributed by atoms with E-state index in [0.717, 1.165) is 11.1 Å². The van der Waals surface area contributed by atoms with Crippen LogP contribution in [0.15, 0.2) is 48.5 Å². The lowest BCUT2D eigenvalue weighted by Gasteiger charge is -2.30. The van der Waals surface area contributed by atoms with E-state index < -0.39 is 6.04 Å². The third-order valence-corrected chi connectivity index (χ3v) is 6.08. The summed E-state index contributed by atoms with van der Waals surface area (Å²) in [6.07, 6.45) is 0.519. The number of likely N-dealkylation sites (N-methyl/N-ethyl adjacent to an activating group) is 1. The van der Waals surface area contributed by atoms with Gasteiger partial charge >= 0.3 is 0 Å². The largest absolute Gasteiger partial charge is 0.357 e. The third-order valence-electron chi connectivity index (χ3n) is 4.37. The molecule has 0 fully saturated rings. The Hall–Kier alpha value is -1.69. The first-order chi connectivity index (χ1) is 13.5. The molecule has 2 rings (SSSR count). The van der Waals surface area contributed by atoms with Crippen molar-refractivity contribution >= 4 is 46.8 Å². The van der Waals surface area contributed by atoms with E-state index in [-0.39, 0.29) is 24.1 Å². The normalized spacial score (nSPS) is 11.7. The van der Waals surface area contributed by atoms with Gasteiger partial charge in [-0.15, -0.1) is 11.8 Å². The highest BCUT2D eigenvalue weighted by atomic mass is 35.5. The van der Waals surface area contributed by atoms with E-state index in [2.05, 4.69) is 5.32 Å². The lowest BCUT2D eigenvalue weighted by atomic mass is 10.1. The van der Waals surface area contributed by atoms with Crippen LogP contribution in [0, 0.1) is 0 Å². The first-order valence-corrected chi connectivity index (χ1v) is 10.9. The van der Waals surface area contributed by atoms with Gasteiger partial charge in [0.25, 0.3) is 0 Å². The van der Waals surface area contributed by atoms with Gasteiger partial charge in [-0.25, -0.2) is 0 Å². The topological polar surface area (TPSA) is 49.4 Å². The minimum atomic E-state index is -0.547. The average molecular weight is 439 g/mol. The number of nitrogens with one attached hydrogen (secondary N) is 1. The fraction of sp³-hybridized carbons (Fsp3) is 0.333. The summed E-state index contributed by atoms with van der Waals surface area (Å²) in [6.45, 7) is 2.18. The van der Waals surface area contributed by atoms with E-state index in [1.54, 1.807) is 18.0 Å². The molecular formula is C21H24Cl2N2O2S. The SMILES string of the molecule is CCC(C(=O)NC)N(Cc1ccccc1Cl)C(=O)CSCc1ccccc1Cl. The fourth-order valence-electron chi connectivity index (χ4n) is 2.84. The van der Waals surface area contributed by atoms with Crippen molar-refractivity contribution in [1.82, 2.24) is 10.2 Å². The number of hydrogen-bond acceptors (Lipinski definition) is 3. The Morgan fingerprint density at radius 3 is 2.14 bits per heavy atom.